The summed E-state index contributed by atoms with van der Waals surface area (Å²) in [5.41, 5.74) is 3.03. The molecule has 10 heteroatoms. The highest BCUT2D eigenvalue weighted by Crippen LogP contribution is 2.37. The van der Waals surface area contributed by atoms with Crippen molar-refractivity contribution in [2.75, 3.05) is 13.2 Å². The van der Waals surface area contributed by atoms with Gasteiger partial charge in [0.05, 0.1) is 17.9 Å². The first-order valence-corrected chi connectivity index (χ1v) is 7.40. The van der Waals surface area contributed by atoms with E-state index in [4.69, 9.17) is 10.5 Å². The number of carbonyl (C=O) groups excluding carboxylic acids is 3. The van der Waals surface area contributed by atoms with E-state index in [0.29, 0.717) is 5.69 Å². The molecule has 1 fully saturated rings. The number of hydrogen-bond acceptors (Lipinski definition) is 4. The lowest BCUT2D eigenvalue weighted by Gasteiger charge is -2.30. The fourth-order valence-electron chi connectivity index (χ4n) is 3.00. The first-order valence-electron chi connectivity index (χ1n) is 7.40. The summed E-state index contributed by atoms with van der Waals surface area (Å²) in [5, 5.41) is 1.77. The van der Waals surface area contributed by atoms with Gasteiger partial charge in [0.25, 0.3) is 17.6 Å². The largest absolute Gasteiger partial charge is 0.413 e. The van der Waals surface area contributed by atoms with E-state index in [9.17, 15) is 27.6 Å². The monoisotopic (exact) mass is 361 g/mol. The number of alkyl halides is 3. The molecule has 0 aromatic carbocycles. The first kappa shape index (κ1) is 19.0. The van der Waals surface area contributed by atoms with Crippen LogP contribution >= 0.6 is 0 Å². The predicted molar refractivity (Wildman–Crippen MR) is 80.1 cm³/mol. The molecule has 1 aliphatic rings. The summed E-state index contributed by atoms with van der Waals surface area (Å²) in [6, 6.07) is 0. The molecule has 1 unspecified atom stereocenters. The molecule has 2 amide bonds. The molecule has 1 aromatic heterocycles. The average molecular weight is 361 g/mol. The molecule has 138 valence electrons. The molecule has 0 spiro atoms. The Morgan fingerprint density at radius 1 is 1.28 bits per heavy atom. The van der Waals surface area contributed by atoms with Gasteiger partial charge in [-0.1, -0.05) is 0 Å². The van der Waals surface area contributed by atoms with Gasteiger partial charge in [0.2, 0.25) is 0 Å². The maximum atomic E-state index is 13.3. The third-order valence-corrected chi connectivity index (χ3v) is 4.52. The zero-order valence-corrected chi connectivity index (χ0v) is 13.9. The van der Waals surface area contributed by atoms with Crippen molar-refractivity contribution >= 4 is 17.6 Å². The van der Waals surface area contributed by atoms with Crippen LogP contribution in [0.4, 0.5) is 13.2 Å². The average Bonchev–Trinajstić information content (AvgIpc) is 3.03. The van der Waals surface area contributed by atoms with Crippen LogP contribution in [0.2, 0.25) is 0 Å². The van der Waals surface area contributed by atoms with Gasteiger partial charge < -0.3 is 20.4 Å². The van der Waals surface area contributed by atoms with Gasteiger partial charge in [0.15, 0.2) is 5.54 Å². The summed E-state index contributed by atoms with van der Waals surface area (Å²) in [5.74, 6) is -3.38. The smallest absolute Gasteiger partial charge is 0.379 e. The van der Waals surface area contributed by atoms with Crippen LogP contribution in [0.25, 0.3) is 0 Å². The summed E-state index contributed by atoms with van der Waals surface area (Å²) in [6.45, 7) is 1.99. The third-order valence-electron chi connectivity index (χ3n) is 4.52. The molecular formula is C15H18F3N3O4. The number of nitrogens with one attached hydrogen (secondary N) is 1. The van der Waals surface area contributed by atoms with Gasteiger partial charge >= 0.3 is 6.18 Å². The van der Waals surface area contributed by atoms with Crippen molar-refractivity contribution < 1.29 is 32.3 Å². The number of carbonyl (C=O) groups is 3. The highest BCUT2D eigenvalue weighted by molar-refractivity contribution is 6.43. The molecule has 25 heavy (non-hydrogen) atoms. The molecule has 2 heterocycles. The number of rotatable bonds is 4. The quantitative estimate of drug-likeness (QED) is 0.610. The molecule has 2 rings (SSSR count). The number of ketones is 1. The number of aromatic nitrogens is 1. The van der Waals surface area contributed by atoms with Crippen LogP contribution in [0.1, 0.15) is 38.5 Å². The van der Waals surface area contributed by atoms with E-state index in [-0.39, 0.29) is 23.4 Å². The summed E-state index contributed by atoms with van der Waals surface area (Å²) in [7, 11) is 1.42. The zero-order chi connectivity index (χ0) is 19.2. The first-order chi connectivity index (χ1) is 11.4. The standard InChI is InChI=1S/C15H18F3N3O4/c1-7-9(12(19)23)8(2)21(3)10(7)11(22)13(24)20-14(15(16,17)18)4-5-25-6-14/h4-6H2,1-3H3,(H2,19,23)(H,20,24). The van der Waals surface area contributed by atoms with Crippen molar-refractivity contribution in [3.8, 4) is 0 Å². The van der Waals surface area contributed by atoms with Crippen molar-refractivity contribution in [1.29, 1.82) is 0 Å². The van der Waals surface area contributed by atoms with E-state index in [0.717, 1.165) is 0 Å². The van der Waals surface area contributed by atoms with Crippen LogP contribution in [0.3, 0.4) is 0 Å². The number of primary amides is 1. The predicted octanol–water partition coefficient (Wildman–Crippen LogP) is 0.761. The van der Waals surface area contributed by atoms with Crippen molar-refractivity contribution in [3.05, 3.63) is 22.5 Å². The lowest BCUT2D eigenvalue weighted by atomic mass is 9.97. The second-order valence-corrected chi connectivity index (χ2v) is 6.02. The van der Waals surface area contributed by atoms with Crippen LogP contribution in [0.5, 0.6) is 0 Å². The molecule has 3 N–H and O–H groups in total. The van der Waals surface area contributed by atoms with Crippen LogP contribution in [-0.2, 0) is 16.6 Å². The Morgan fingerprint density at radius 2 is 1.88 bits per heavy atom. The zero-order valence-electron chi connectivity index (χ0n) is 13.9. The number of Topliss-reactive ketones (excluding diaryl/α,β-unsaturated/α-hetero) is 1. The minimum Gasteiger partial charge on any atom is -0.379 e. The second kappa shape index (κ2) is 6.17. The number of halogens is 3. The summed E-state index contributed by atoms with van der Waals surface area (Å²) >= 11 is 0. The fraction of sp³-hybridized carbons (Fsp3) is 0.533. The highest BCUT2D eigenvalue weighted by Gasteiger charge is 2.58. The van der Waals surface area contributed by atoms with Gasteiger partial charge in [-0.15, -0.1) is 0 Å². The van der Waals surface area contributed by atoms with Gasteiger partial charge in [-0.05, 0) is 19.4 Å². The van der Waals surface area contributed by atoms with E-state index in [1.54, 1.807) is 5.32 Å². The third kappa shape index (κ3) is 3.01. The van der Waals surface area contributed by atoms with Crippen LogP contribution < -0.4 is 11.1 Å². The summed E-state index contributed by atoms with van der Waals surface area (Å²) < 4.78 is 45.9. The number of hydrogen-bond donors (Lipinski definition) is 2. The number of ether oxygens (including phenoxy) is 1. The molecule has 1 atom stereocenters. The van der Waals surface area contributed by atoms with Crippen LogP contribution in [0.15, 0.2) is 0 Å². The topological polar surface area (TPSA) is 103 Å². The number of nitrogens with zero attached hydrogens (tertiary/aromatic N) is 1. The molecule has 0 radical (unpaired) electrons. The lowest BCUT2D eigenvalue weighted by Crippen LogP contribution is -2.60. The van der Waals surface area contributed by atoms with E-state index in [1.165, 1.54) is 25.5 Å². The molecule has 0 bridgehead atoms. The van der Waals surface area contributed by atoms with Crippen LogP contribution in [-0.4, -0.2) is 47.1 Å². The van der Waals surface area contributed by atoms with E-state index >= 15 is 0 Å². The summed E-state index contributed by atoms with van der Waals surface area (Å²) in [6.07, 6.45) is -5.25. The van der Waals surface area contributed by atoms with Gasteiger partial charge in [0, 0.05) is 25.8 Å². The Balaban J connectivity index is 2.37. The Kier molecular flexibility index (Phi) is 4.69. The van der Waals surface area contributed by atoms with Gasteiger partial charge in [-0.2, -0.15) is 13.2 Å². The molecule has 0 saturated carbocycles. The lowest BCUT2D eigenvalue weighted by molar-refractivity contribution is -0.196. The normalized spacial score (nSPS) is 20.6. The fourth-order valence-corrected chi connectivity index (χ4v) is 3.00. The Hall–Kier alpha value is -2.36. The van der Waals surface area contributed by atoms with E-state index in [2.05, 4.69) is 0 Å². The van der Waals surface area contributed by atoms with Gasteiger partial charge in [-0.3, -0.25) is 14.4 Å². The maximum Gasteiger partial charge on any atom is 0.413 e. The summed E-state index contributed by atoms with van der Waals surface area (Å²) in [4.78, 5) is 36.1. The van der Waals surface area contributed by atoms with E-state index < -0.39 is 42.3 Å². The van der Waals surface area contributed by atoms with Crippen LogP contribution in [0, 0.1) is 13.8 Å². The molecule has 1 saturated heterocycles. The minimum absolute atomic E-state index is 0.0633. The SMILES string of the molecule is Cc1c(C(N)=O)c(C)n(C)c1C(=O)C(=O)NC1(C(F)(F)F)CCOC1. The number of nitrogens with two attached hydrogens (primary N) is 1. The Bertz CT molecular complexity index is 746. The molecule has 0 aliphatic carbocycles. The van der Waals surface area contributed by atoms with Gasteiger partial charge in [0.1, 0.15) is 0 Å². The Morgan fingerprint density at radius 3 is 2.28 bits per heavy atom. The van der Waals surface area contributed by atoms with E-state index in [1.807, 2.05) is 0 Å². The highest BCUT2D eigenvalue weighted by atomic mass is 19.4. The molecular weight excluding hydrogens is 343 g/mol. The van der Waals surface area contributed by atoms with Gasteiger partial charge in [-0.25, -0.2) is 0 Å². The van der Waals surface area contributed by atoms with Crippen molar-refractivity contribution in [2.24, 2.45) is 12.8 Å². The second-order valence-electron chi connectivity index (χ2n) is 6.02. The molecule has 1 aliphatic heterocycles. The van der Waals surface area contributed by atoms with Crippen molar-refractivity contribution in [2.45, 2.75) is 32.0 Å². The Labute approximate surface area is 141 Å². The number of amides is 2. The minimum atomic E-state index is -4.77. The molecule has 1 aromatic rings. The maximum absolute atomic E-state index is 13.3. The van der Waals surface area contributed by atoms with Crippen molar-refractivity contribution in [3.63, 3.8) is 0 Å². The molecule has 7 nitrogen and oxygen atoms in total. The van der Waals surface area contributed by atoms with Crippen molar-refractivity contribution in [1.82, 2.24) is 9.88 Å².